The van der Waals surface area contributed by atoms with E-state index in [9.17, 15) is 0 Å². The van der Waals surface area contributed by atoms with Crippen molar-refractivity contribution >= 4 is 0 Å². The third-order valence-corrected chi connectivity index (χ3v) is 5.30. The molecule has 0 fully saturated rings. The molecule has 0 saturated heterocycles. The molecule has 0 aromatic carbocycles. The summed E-state index contributed by atoms with van der Waals surface area (Å²) < 4.78 is 2.36. The first-order valence-electron chi connectivity index (χ1n) is 11.3. The van der Waals surface area contributed by atoms with Crippen molar-refractivity contribution in [2.45, 2.75) is 123 Å². The number of rotatable bonds is 17. The van der Waals surface area contributed by atoms with Crippen molar-refractivity contribution in [3.8, 4) is 0 Å². The number of pyridine rings is 1. The third kappa shape index (κ3) is 13.1. The topological polar surface area (TPSA) is 3.88 Å². The van der Waals surface area contributed by atoms with Crippen molar-refractivity contribution in [3.05, 3.63) is 30.1 Å². The highest BCUT2D eigenvalue weighted by Gasteiger charge is 2.01. The summed E-state index contributed by atoms with van der Waals surface area (Å²) in [6.07, 6.45) is 26.9. The molecule has 144 valence electrons. The quantitative estimate of drug-likeness (QED) is 0.204. The second-order valence-corrected chi connectivity index (χ2v) is 7.79. The third-order valence-electron chi connectivity index (χ3n) is 5.30. The molecule has 0 spiro atoms. The second kappa shape index (κ2) is 16.6. The molecule has 1 heterocycles. The minimum absolute atomic E-state index is 1.19. The molecule has 25 heavy (non-hydrogen) atoms. The zero-order chi connectivity index (χ0) is 18.0. The van der Waals surface area contributed by atoms with Crippen LogP contribution in [0.3, 0.4) is 0 Å². The Morgan fingerprint density at radius 3 is 1.52 bits per heavy atom. The van der Waals surface area contributed by atoms with E-state index in [-0.39, 0.29) is 0 Å². The smallest absolute Gasteiger partial charge is 0.169 e. The molecule has 0 aliphatic heterocycles. The lowest BCUT2D eigenvalue weighted by molar-refractivity contribution is -0.697. The molecule has 0 bridgehead atoms. The summed E-state index contributed by atoms with van der Waals surface area (Å²) >= 11 is 0. The second-order valence-electron chi connectivity index (χ2n) is 7.79. The summed E-state index contributed by atoms with van der Waals surface area (Å²) in [5, 5.41) is 0. The number of hydrogen-bond donors (Lipinski definition) is 0. The van der Waals surface area contributed by atoms with Gasteiger partial charge in [-0.25, -0.2) is 4.57 Å². The van der Waals surface area contributed by atoms with Crippen molar-refractivity contribution in [2.24, 2.45) is 0 Å². The molecule has 0 radical (unpaired) electrons. The maximum atomic E-state index is 2.36. The van der Waals surface area contributed by atoms with Gasteiger partial charge in [-0.05, 0) is 24.8 Å². The summed E-state index contributed by atoms with van der Waals surface area (Å²) in [5.41, 5.74) is 1.50. The van der Waals surface area contributed by atoms with Crippen LogP contribution in [0, 0.1) is 0 Å². The Kier molecular flexibility index (Phi) is 14.7. The largest absolute Gasteiger partial charge is 0.205 e. The molecule has 1 aromatic rings. The van der Waals surface area contributed by atoms with Crippen LogP contribution in [0.5, 0.6) is 0 Å². The van der Waals surface area contributed by atoms with Crippen LogP contribution >= 0.6 is 0 Å². The monoisotopic (exact) mass is 346 g/mol. The normalized spacial score (nSPS) is 11.1. The first kappa shape index (κ1) is 22.2. The zero-order valence-corrected chi connectivity index (χ0v) is 17.3. The van der Waals surface area contributed by atoms with E-state index in [4.69, 9.17) is 0 Å². The average Bonchev–Trinajstić information content (AvgIpc) is 2.64. The van der Waals surface area contributed by atoms with E-state index >= 15 is 0 Å². The fourth-order valence-electron chi connectivity index (χ4n) is 3.52. The standard InChI is InChI=1S/C24H44N/c1-3-5-7-8-9-10-11-12-13-14-15-17-21-25-22-19-24(20-23-25)18-16-6-4-2/h19-20,22-23H,3-18,21H2,1-2H3/q+1. The van der Waals surface area contributed by atoms with Crippen molar-refractivity contribution in [3.63, 3.8) is 0 Å². The molecule has 0 amide bonds. The summed E-state index contributed by atoms with van der Waals surface area (Å²) in [5.74, 6) is 0. The van der Waals surface area contributed by atoms with Gasteiger partial charge >= 0.3 is 0 Å². The van der Waals surface area contributed by atoms with Gasteiger partial charge in [0.05, 0.1) is 0 Å². The van der Waals surface area contributed by atoms with Gasteiger partial charge in [-0.3, -0.25) is 0 Å². The first-order valence-corrected chi connectivity index (χ1v) is 11.3. The Balaban J connectivity index is 1.91. The highest BCUT2D eigenvalue weighted by Crippen LogP contribution is 2.12. The Morgan fingerprint density at radius 2 is 1.00 bits per heavy atom. The van der Waals surface area contributed by atoms with Crippen LogP contribution < -0.4 is 4.57 Å². The van der Waals surface area contributed by atoms with Crippen LogP contribution in [-0.2, 0) is 13.0 Å². The van der Waals surface area contributed by atoms with E-state index in [1.807, 2.05) is 0 Å². The Bertz CT molecular complexity index is 382. The van der Waals surface area contributed by atoms with Gasteiger partial charge in [-0.15, -0.1) is 0 Å². The average molecular weight is 347 g/mol. The lowest BCUT2D eigenvalue weighted by Gasteiger charge is -2.03. The van der Waals surface area contributed by atoms with Gasteiger partial charge in [0.15, 0.2) is 12.4 Å². The summed E-state index contributed by atoms with van der Waals surface area (Å²) in [6, 6.07) is 4.63. The van der Waals surface area contributed by atoms with Gasteiger partial charge in [0.1, 0.15) is 6.54 Å². The fraction of sp³-hybridized carbons (Fsp3) is 0.792. The number of aryl methyl sites for hydroxylation is 2. The molecule has 1 rings (SSSR count). The van der Waals surface area contributed by atoms with Crippen LogP contribution in [0.25, 0.3) is 0 Å². The molecule has 0 N–H and O–H groups in total. The lowest BCUT2D eigenvalue weighted by Crippen LogP contribution is -2.32. The summed E-state index contributed by atoms with van der Waals surface area (Å²) in [4.78, 5) is 0. The van der Waals surface area contributed by atoms with Gasteiger partial charge in [0, 0.05) is 18.6 Å². The van der Waals surface area contributed by atoms with Gasteiger partial charge in [-0.2, -0.15) is 0 Å². The van der Waals surface area contributed by atoms with Gasteiger partial charge in [0.25, 0.3) is 0 Å². The molecule has 1 aromatic heterocycles. The van der Waals surface area contributed by atoms with E-state index in [0.29, 0.717) is 0 Å². The Labute approximate surface area is 158 Å². The van der Waals surface area contributed by atoms with E-state index in [2.05, 4.69) is 42.9 Å². The number of nitrogens with zero attached hydrogens (tertiary/aromatic N) is 1. The SMILES string of the molecule is CCCCCCCCCCCCCC[n+]1ccc(CCCCC)cc1. The van der Waals surface area contributed by atoms with E-state index in [0.717, 1.165) is 0 Å². The summed E-state index contributed by atoms with van der Waals surface area (Å²) in [7, 11) is 0. The molecule has 1 heteroatoms. The highest BCUT2D eigenvalue weighted by atomic mass is 14.9. The predicted octanol–water partition coefficient (Wildman–Crippen LogP) is 7.41. The first-order chi connectivity index (χ1) is 12.4. The van der Waals surface area contributed by atoms with E-state index < -0.39 is 0 Å². The minimum Gasteiger partial charge on any atom is -0.205 e. The molecule has 0 aliphatic carbocycles. The molecule has 0 atom stereocenters. The van der Waals surface area contributed by atoms with Crippen molar-refractivity contribution < 1.29 is 4.57 Å². The molecular weight excluding hydrogens is 302 g/mol. The van der Waals surface area contributed by atoms with Crippen molar-refractivity contribution in [2.75, 3.05) is 0 Å². The van der Waals surface area contributed by atoms with Gasteiger partial charge in [-0.1, -0.05) is 90.9 Å². The fourth-order valence-corrected chi connectivity index (χ4v) is 3.52. The van der Waals surface area contributed by atoms with Crippen molar-refractivity contribution in [1.82, 2.24) is 0 Å². The molecule has 0 saturated carbocycles. The predicted molar refractivity (Wildman–Crippen MR) is 111 cm³/mol. The van der Waals surface area contributed by atoms with Gasteiger partial charge in [0.2, 0.25) is 0 Å². The maximum absolute atomic E-state index is 2.36. The van der Waals surface area contributed by atoms with Crippen LogP contribution in [0.1, 0.15) is 116 Å². The van der Waals surface area contributed by atoms with Gasteiger partial charge < -0.3 is 0 Å². The highest BCUT2D eigenvalue weighted by molar-refractivity contribution is 5.07. The van der Waals surface area contributed by atoms with Crippen LogP contribution in [0.4, 0.5) is 0 Å². The minimum atomic E-state index is 1.19. The maximum Gasteiger partial charge on any atom is 0.169 e. The molecule has 0 unspecified atom stereocenters. The molecule has 1 nitrogen and oxygen atoms in total. The van der Waals surface area contributed by atoms with Crippen LogP contribution in [0.15, 0.2) is 24.5 Å². The number of unbranched alkanes of at least 4 members (excludes halogenated alkanes) is 13. The van der Waals surface area contributed by atoms with Crippen molar-refractivity contribution in [1.29, 1.82) is 0 Å². The Morgan fingerprint density at radius 1 is 0.560 bits per heavy atom. The van der Waals surface area contributed by atoms with Crippen LogP contribution in [-0.4, -0.2) is 0 Å². The summed E-state index contributed by atoms with van der Waals surface area (Å²) in [6.45, 7) is 5.75. The van der Waals surface area contributed by atoms with E-state index in [1.54, 1.807) is 0 Å². The van der Waals surface area contributed by atoms with E-state index in [1.165, 1.54) is 115 Å². The van der Waals surface area contributed by atoms with Crippen LogP contribution in [0.2, 0.25) is 0 Å². The lowest BCUT2D eigenvalue weighted by atomic mass is 10.1. The Hall–Kier alpha value is -0.850. The molecule has 0 aliphatic rings. The number of hydrogen-bond acceptors (Lipinski definition) is 0. The molecular formula is C24H44N+. The zero-order valence-electron chi connectivity index (χ0n) is 17.3. The number of aromatic nitrogens is 1.